The molecule has 0 aromatic carbocycles. The highest BCUT2D eigenvalue weighted by Gasteiger charge is 2.24. The van der Waals surface area contributed by atoms with Crippen LogP contribution in [0.5, 0.6) is 0 Å². The Labute approximate surface area is 174 Å². The predicted molar refractivity (Wildman–Crippen MR) is 110 cm³/mol. The van der Waals surface area contributed by atoms with Crippen LogP contribution in [0, 0.1) is 0 Å². The van der Waals surface area contributed by atoms with Gasteiger partial charge < -0.3 is 15.7 Å². The fraction of sp³-hybridized carbons (Fsp3) is 0.778. The number of nitrogens with one attached hydrogen (secondary N) is 2. The van der Waals surface area contributed by atoms with Gasteiger partial charge in [0, 0.05) is 25.7 Å². The Morgan fingerprint density at radius 3 is 2.67 bits per heavy atom. The second kappa shape index (κ2) is 11.9. The minimum absolute atomic E-state index is 0. The zero-order chi connectivity index (χ0) is 17.6. The van der Waals surface area contributed by atoms with Crippen molar-refractivity contribution in [3.05, 3.63) is 17.5 Å². The van der Waals surface area contributed by atoms with Crippen LogP contribution in [0.2, 0.25) is 0 Å². The summed E-state index contributed by atoms with van der Waals surface area (Å²) in [6.07, 6.45) is 7.87. The molecule has 0 saturated heterocycles. The number of hydrogen-bond acceptors (Lipinski definition) is 5. The van der Waals surface area contributed by atoms with Gasteiger partial charge >= 0.3 is 0 Å². The van der Waals surface area contributed by atoms with Crippen LogP contribution in [0.4, 0.5) is 0 Å². The molecule has 1 atom stereocenters. The minimum atomic E-state index is -0.567. The highest BCUT2D eigenvalue weighted by molar-refractivity contribution is 5.85. The van der Waals surface area contributed by atoms with Crippen molar-refractivity contribution in [3.8, 4) is 0 Å². The number of rotatable bonds is 6. The second-order valence-electron chi connectivity index (χ2n) is 7.21. The number of halogens is 2. The van der Waals surface area contributed by atoms with E-state index in [0.29, 0.717) is 6.54 Å². The van der Waals surface area contributed by atoms with Gasteiger partial charge in [0.1, 0.15) is 6.04 Å². The van der Waals surface area contributed by atoms with Gasteiger partial charge in [-0.3, -0.25) is 14.4 Å². The average Bonchev–Trinajstić information content (AvgIpc) is 2.92. The third kappa shape index (κ3) is 6.32. The molecular formula is C18H33Cl2N5O2. The van der Waals surface area contributed by atoms with E-state index < -0.39 is 6.04 Å². The highest BCUT2D eigenvalue weighted by atomic mass is 35.5. The highest BCUT2D eigenvalue weighted by Crippen LogP contribution is 2.25. The van der Waals surface area contributed by atoms with Gasteiger partial charge in [0.15, 0.2) is 0 Å². The van der Waals surface area contributed by atoms with Crippen molar-refractivity contribution < 1.29 is 9.90 Å². The summed E-state index contributed by atoms with van der Waals surface area (Å²) in [7, 11) is 1.67. The summed E-state index contributed by atoms with van der Waals surface area (Å²) in [4.78, 5) is 14.6. The fourth-order valence-corrected chi connectivity index (χ4v) is 4.00. The van der Waals surface area contributed by atoms with Gasteiger partial charge in [-0.05, 0) is 32.4 Å². The van der Waals surface area contributed by atoms with Crippen molar-refractivity contribution in [1.82, 2.24) is 25.3 Å². The summed E-state index contributed by atoms with van der Waals surface area (Å²) in [6, 6.07) is 2.27. The Balaban J connectivity index is 0.00000182. The topological polar surface area (TPSA) is 82.4 Å². The van der Waals surface area contributed by atoms with Gasteiger partial charge in [-0.15, -0.1) is 24.8 Å². The van der Waals surface area contributed by atoms with Crippen LogP contribution in [0.15, 0.2) is 6.07 Å². The number of amides is 1. The van der Waals surface area contributed by atoms with Crippen molar-refractivity contribution in [2.75, 3.05) is 20.2 Å². The molecule has 9 heteroatoms. The van der Waals surface area contributed by atoms with Crippen LogP contribution in [0.25, 0.3) is 0 Å². The number of aryl methyl sites for hydroxylation is 1. The number of carbonyl (C=O) groups excluding carboxylic acids is 1. The van der Waals surface area contributed by atoms with E-state index in [-0.39, 0.29) is 37.3 Å². The van der Waals surface area contributed by atoms with E-state index in [0.717, 1.165) is 37.8 Å². The maximum absolute atomic E-state index is 12.0. The molecule has 156 valence electrons. The maximum Gasteiger partial charge on any atom is 0.239 e. The van der Waals surface area contributed by atoms with Crippen molar-refractivity contribution in [2.45, 2.75) is 70.2 Å². The molecule has 0 unspecified atom stereocenters. The monoisotopic (exact) mass is 421 g/mol. The molecule has 1 aliphatic carbocycles. The van der Waals surface area contributed by atoms with E-state index in [1.807, 2.05) is 0 Å². The van der Waals surface area contributed by atoms with Gasteiger partial charge in [-0.2, -0.15) is 5.10 Å². The summed E-state index contributed by atoms with van der Waals surface area (Å²) < 4.78 is 2.10. The molecular weight excluding hydrogens is 389 g/mol. The zero-order valence-corrected chi connectivity index (χ0v) is 17.7. The standard InChI is InChI=1S/C18H31N5O2.2ClH/c1-19-17(13-24)18(25)20-11-14-10-16-12-22(8-5-9-23(16)21-14)15-6-3-2-4-7-15;;/h10,15,17,19,24H,2-9,11-13H2,1H3,(H,20,25);2*1H/t17-;;/m0../s1. The molecule has 2 aliphatic rings. The van der Waals surface area contributed by atoms with Gasteiger partial charge in [0.2, 0.25) is 5.91 Å². The summed E-state index contributed by atoms with van der Waals surface area (Å²) in [5, 5.41) is 19.5. The molecule has 27 heavy (non-hydrogen) atoms. The number of fused-ring (bicyclic) bond motifs is 1. The van der Waals surface area contributed by atoms with E-state index in [1.54, 1.807) is 7.05 Å². The Kier molecular flexibility index (Phi) is 10.6. The zero-order valence-electron chi connectivity index (χ0n) is 16.0. The van der Waals surface area contributed by atoms with Gasteiger partial charge in [-0.1, -0.05) is 19.3 Å². The second-order valence-corrected chi connectivity index (χ2v) is 7.21. The Bertz CT molecular complexity index is 574. The average molecular weight is 422 g/mol. The molecule has 0 radical (unpaired) electrons. The lowest BCUT2D eigenvalue weighted by Gasteiger charge is -2.33. The first-order chi connectivity index (χ1) is 12.2. The maximum atomic E-state index is 12.0. The number of nitrogens with zero attached hydrogens (tertiary/aromatic N) is 3. The Morgan fingerprint density at radius 1 is 1.26 bits per heavy atom. The number of aliphatic hydroxyl groups is 1. The third-order valence-electron chi connectivity index (χ3n) is 5.48. The van der Waals surface area contributed by atoms with E-state index in [2.05, 4.69) is 31.4 Å². The summed E-state index contributed by atoms with van der Waals surface area (Å²) in [6.45, 7) is 3.25. The molecule has 1 aromatic rings. The number of hydrogen-bond donors (Lipinski definition) is 3. The van der Waals surface area contributed by atoms with Crippen molar-refractivity contribution >= 4 is 30.7 Å². The van der Waals surface area contributed by atoms with Crippen molar-refractivity contribution in [1.29, 1.82) is 0 Å². The Morgan fingerprint density at radius 2 is 2.00 bits per heavy atom. The molecule has 1 saturated carbocycles. The van der Waals surface area contributed by atoms with Crippen LogP contribution in [0.3, 0.4) is 0 Å². The molecule has 3 rings (SSSR count). The number of carbonyl (C=O) groups is 1. The lowest BCUT2D eigenvalue weighted by atomic mass is 9.94. The summed E-state index contributed by atoms with van der Waals surface area (Å²) in [5.41, 5.74) is 2.14. The van der Waals surface area contributed by atoms with Crippen LogP contribution < -0.4 is 10.6 Å². The van der Waals surface area contributed by atoms with Crippen molar-refractivity contribution in [2.24, 2.45) is 0 Å². The van der Waals surface area contributed by atoms with Crippen LogP contribution >= 0.6 is 24.8 Å². The van der Waals surface area contributed by atoms with E-state index in [9.17, 15) is 4.79 Å². The number of aliphatic hydroxyl groups excluding tert-OH is 1. The predicted octanol–water partition coefficient (Wildman–Crippen LogP) is 1.46. The number of likely N-dealkylation sites (N-methyl/N-ethyl adjacent to an activating group) is 1. The van der Waals surface area contributed by atoms with Crippen LogP contribution in [-0.2, 0) is 24.4 Å². The lowest BCUT2D eigenvalue weighted by molar-refractivity contribution is -0.124. The third-order valence-corrected chi connectivity index (χ3v) is 5.48. The summed E-state index contributed by atoms with van der Waals surface area (Å²) in [5.74, 6) is -0.197. The first-order valence-corrected chi connectivity index (χ1v) is 9.56. The largest absolute Gasteiger partial charge is 0.394 e. The molecule has 1 amide bonds. The molecule has 1 aromatic heterocycles. The van der Waals surface area contributed by atoms with E-state index in [1.165, 1.54) is 37.8 Å². The molecule has 2 heterocycles. The van der Waals surface area contributed by atoms with E-state index >= 15 is 0 Å². The Hall–Kier alpha value is -0.860. The molecule has 3 N–H and O–H groups in total. The minimum Gasteiger partial charge on any atom is -0.394 e. The molecule has 0 bridgehead atoms. The molecule has 0 spiro atoms. The van der Waals surface area contributed by atoms with Crippen LogP contribution in [0.1, 0.15) is 49.9 Å². The molecule has 1 fully saturated rings. The smallest absolute Gasteiger partial charge is 0.239 e. The fourth-order valence-electron chi connectivity index (χ4n) is 4.00. The SMILES string of the molecule is CN[C@@H](CO)C(=O)NCc1cc2n(n1)CCCN(C1CCCCC1)C2.Cl.Cl. The van der Waals surface area contributed by atoms with E-state index in [4.69, 9.17) is 5.11 Å². The quantitative estimate of drug-likeness (QED) is 0.647. The van der Waals surface area contributed by atoms with Crippen molar-refractivity contribution in [3.63, 3.8) is 0 Å². The number of aromatic nitrogens is 2. The van der Waals surface area contributed by atoms with Gasteiger partial charge in [0.05, 0.1) is 24.5 Å². The normalized spacial score (nSPS) is 19.2. The first-order valence-electron chi connectivity index (χ1n) is 9.56. The lowest BCUT2D eigenvalue weighted by Crippen LogP contribution is -2.44. The van der Waals surface area contributed by atoms with Gasteiger partial charge in [0.25, 0.3) is 0 Å². The summed E-state index contributed by atoms with van der Waals surface area (Å²) >= 11 is 0. The van der Waals surface area contributed by atoms with Crippen LogP contribution in [-0.4, -0.2) is 58.0 Å². The van der Waals surface area contributed by atoms with Gasteiger partial charge in [-0.25, -0.2) is 0 Å². The first kappa shape index (κ1) is 24.2. The molecule has 1 aliphatic heterocycles. The molecule has 7 nitrogen and oxygen atoms in total.